The molecule has 0 bridgehead atoms. The van der Waals surface area contributed by atoms with Gasteiger partial charge < -0.3 is 10.5 Å². The van der Waals surface area contributed by atoms with Crippen molar-refractivity contribution in [3.05, 3.63) is 35.8 Å². The Labute approximate surface area is 108 Å². The van der Waals surface area contributed by atoms with E-state index in [-0.39, 0.29) is 5.82 Å². The molecule has 0 aliphatic rings. The number of benzene rings is 1. The topological polar surface area (TPSA) is 81.8 Å². The van der Waals surface area contributed by atoms with Gasteiger partial charge >= 0.3 is 0 Å². The Morgan fingerprint density at radius 1 is 1.47 bits per heavy atom. The van der Waals surface area contributed by atoms with E-state index in [1.54, 1.807) is 23.9 Å². The number of methoxy groups -OCH3 is 1. The molecule has 0 amide bonds. The largest absolute Gasteiger partial charge is 0.383 e. The maximum absolute atomic E-state index is 13.3. The van der Waals surface area contributed by atoms with Gasteiger partial charge in [0.15, 0.2) is 5.65 Å². The van der Waals surface area contributed by atoms with E-state index in [1.165, 1.54) is 12.1 Å². The van der Waals surface area contributed by atoms with Gasteiger partial charge in [-0.05, 0) is 18.2 Å². The van der Waals surface area contributed by atoms with E-state index >= 15 is 0 Å². The van der Waals surface area contributed by atoms with E-state index < -0.39 is 0 Å². The zero-order valence-corrected chi connectivity index (χ0v) is 10.2. The number of halogens is 1. The van der Waals surface area contributed by atoms with Gasteiger partial charge in [-0.15, -0.1) is 0 Å². The SMILES string of the molecule is COCc1nn(-c2cccc(F)c2)c2n[nH]c(N)c12. The fourth-order valence-electron chi connectivity index (χ4n) is 2.03. The van der Waals surface area contributed by atoms with Crippen molar-refractivity contribution in [2.75, 3.05) is 12.8 Å². The number of H-pyrrole nitrogens is 1. The Balaban J connectivity index is 2.24. The first-order valence-corrected chi connectivity index (χ1v) is 5.67. The van der Waals surface area contributed by atoms with Gasteiger partial charge in [-0.25, -0.2) is 9.07 Å². The lowest BCUT2D eigenvalue weighted by Gasteiger charge is -2.01. The summed E-state index contributed by atoms with van der Waals surface area (Å²) in [4.78, 5) is 0. The Morgan fingerprint density at radius 2 is 2.32 bits per heavy atom. The first kappa shape index (κ1) is 11.7. The van der Waals surface area contributed by atoms with Crippen molar-refractivity contribution in [3.63, 3.8) is 0 Å². The molecule has 0 saturated heterocycles. The normalized spacial score (nSPS) is 11.3. The molecule has 0 aliphatic carbocycles. The third-order valence-electron chi connectivity index (χ3n) is 2.82. The van der Waals surface area contributed by atoms with E-state index in [9.17, 15) is 4.39 Å². The third kappa shape index (κ3) is 1.84. The van der Waals surface area contributed by atoms with Gasteiger partial charge in [0.2, 0.25) is 0 Å². The summed E-state index contributed by atoms with van der Waals surface area (Å²) in [6.45, 7) is 0.308. The first-order chi connectivity index (χ1) is 9.20. The predicted molar refractivity (Wildman–Crippen MR) is 68.3 cm³/mol. The Hall–Kier alpha value is -2.41. The van der Waals surface area contributed by atoms with Crippen molar-refractivity contribution in [2.45, 2.75) is 6.61 Å². The second kappa shape index (κ2) is 4.36. The maximum atomic E-state index is 13.3. The monoisotopic (exact) mass is 261 g/mol. The fourth-order valence-corrected chi connectivity index (χ4v) is 2.03. The number of rotatable bonds is 3. The van der Waals surface area contributed by atoms with Gasteiger partial charge in [-0.2, -0.15) is 10.2 Å². The number of ether oxygens (including phenoxy) is 1. The zero-order chi connectivity index (χ0) is 13.4. The molecule has 3 rings (SSSR count). The lowest BCUT2D eigenvalue weighted by atomic mass is 10.3. The minimum atomic E-state index is -0.335. The molecule has 2 heterocycles. The molecule has 3 aromatic rings. The van der Waals surface area contributed by atoms with Gasteiger partial charge in [0.05, 0.1) is 17.7 Å². The number of hydrogen-bond donors (Lipinski definition) is 2. The number of hydrogen-bond acceptors (Lipinski definition) is 4. The molecule has 3 N–H and O–H groups in total. The van der Waals surface area contributed by atoms with E-state index in [2.05, 4.69) is 15.3 Å². The van der Waals surface area contributed by atoms with Crippen LogP contribution in [0.4, 0.5) is 10.2 Å². The summed E-state index contributed by atoms with van der Waals surface area (Å²) in [6.07, 6.45) is 0. The van der Waals surface area contributed by atoms with E-state index in [4.69, 9.17) is 10.5 Å². The lowest BCUT2D eigenvalue weighted by Crippen LogP contribution is -2.00. The Bertz CT molecular complexity index is 733. The Morgan fingerprint density at radius 3 is 3.05 bits per heavy atom. The number of nitrogens with one attached hydrogen (secondary N) is 1. The van der Waals surface area contributed by atoms with Crippen LogP contribution in [-0.4, -0.2) is 27.1 Å². The Kier molecular flexibility index (Phi) is 2.68. The molecular formula is C12H12FN5O. The van der Waals surface area contributed by atoms with Gasteiger partial charge in [0.25, 0.3) is 0 Å². The van der Waals surface area contributed by atoms with Crippen LogP contribution in [0.2, 0.25) is 0 Å². The molecule has 0 fully saturated rings. The third-order valence-corrected chi connectivity index (χ3v) is 2.82. The van der Waals surface area contributed by atoms with Crippen molar-refractivity contribution in [1.29, 1.82) is 0 Å². The summed E-state index contributed by atoms with van der Waals surface area (Å²) in [5, 5.41) is 11.9. The number of fused-ring (bicyclic) bond motifs is 1. The van der Waals surface area contributed by atoms with Crippen molar-refractivity contribution in [3.8, 4) is 5.69 Å². The smallest absolute Gasteiger partial charge is 0.186 e. The average Bonchev–Trinajstić information content (AvgIpc) is 2.93. The second-order valence-corrected chi connectivity index (χ2v) is 4.11. The zero-order valence-electron chi connectivity index (χ0n) is 10.2. The van der Waals surface area contributed by atoms with E-state index in [0.29, 0.717) is 34.8 Å². The molecule has 0 aliphatic heterocycles. The molecule has 0 unspecified atom stereocenters. The second-order valence-electron chi connectivity index (χ2n) is 4.11. The van der Waals surface area contributed by atoms with Crippen molar-refractivity contribution >= 4 is 16.9 Å². The standard InChI is InChI=1S/C12H12FN5O/c1-19-6-9-10-11(14)15-16-12(10)18(17-9)8-4-2-3-7(13)5-8/h2-5H,6H2,1H3,(H3,14,15,16). The molecule has 6 nitrogen and oxygen atoms in total. The predicted octanol–water partition coefficient (Wildman–Crippen LogP) is 1.62. The number of anilines is 1. The lowest BCUT2D eigenvalue weighted by molar-refractivity contribution is 0.182. The molecule has 19 heavy (non-hydrogen) atoms. The number of nitrogens with two attached hydrogens (primary N) is 1. The van der Waals surface area contributed by atoms with Crippen LogP contribution in [0.25, 0.3) is 16.7 Å². The summed E-state index contributed by atoms with van der Waals surface area (Å²) in [5.41, 5.74) is 7.62. The van der Waals surface area contributed by atoms with Crippen molar-refractivity contribution in [1.82, 2.24) is 20.0 Å². The number of nitrogen functional groups attached to an aromatic ring is 1. The van der Waals surface area contributed by atoms with Crippen LogP contribution in [0, 0.1) is 5.82 Å². The highest BCUT2D eigenvalue weighted by atomic mass is 19.1. The average molecular weight is 261 g/mol. The minimum Gasteiger partial charge on any atom is -0.383 e. The summed E-state index contributed by atoms with van der Waals surface area (Å²) in [6, 6.07) is 6.12. The molecule has 0 radical (unpaired) electrons. The minimum absolute atomic E-state index is 0.308. The molecule has 0 saturated carbocycles. The van der Waals surface area contributed by atoms with Gasteiger partial charge in [-0.3, -0.25) is 5.10 Å². The van der Waals surface area contributed by atoms with Crippen LogP contribution < -0.4 is 5.73 Å². The highest BCUT2D eigenvalue weighted by Crippen LogP contribution is 2.25. The molecule has 2 aromatic heterocycles. The van der Waals surface area contributed by atoms with Gasteiger partial charge in [0, 0.05) is 7.11 Å². The van der Waals surface area contributed by atoms with E-state index in [1.807, 2.05) is 0 Å². The molecule has 1 aromatic carbocycles. The molecule has 7 heteroatoms. The highest BCUT2D eigenvalue weighted by molar-refractivity contribution is 5.89. The van der Waals surface area contributed by atoms with Gasteiger partial charge in [0.1, 0.15) is 17.3 Å². The summed E-state index contributed by atoms with van der Waals surface area (Å²) in [7, 11) is 1.57. The van der Waals surface area contributed by atoms with Crippen molar-refractivity contribution < 1.29 is 9.13 Å². The van der Waals surface area contributed by atoms with Crippen LogP contribution in [0.5, 0.6) is 0 Å². The van der Waals surface area contributed by atoms with Crippen LogP contribution in [0.3, 0.4) is 0 Å². The number of nitrogens with zero attached hydrogens (tertiary/aromatic N) is 3. The molecular weight excluding hydrogens is 249 g/mol. The van der Waals surface area contributed by atoms with Crippen LogP contribution >= 0.6 is 0 Å². The van der Waals surface area contributed by atoms with Crippen molar-refractivity contribution in [2.24, 2.45) is 0 Å². The number of aromatic amines is 1. The first-order valence-electron chi connectivity index (χ1n) is 5.67. The van der Waals surface area contributed by atoms with Crippen LogP contribution in [0.1, 0.15) is 5.69 Å². The summed E-state index contributed by atoms with van der Waals surface area (Å²) in [5.74, 6) is 0.0858. The highest BCUT2D eigenvalue weighted by Gasteiger charge is 2.17. The summed E-state index contributed by atoms with van der Waals surface area (Å²) < 4.78 is 19.9. The van der Waals surface area contributed by atoms with Gasteiger partial charge in [-0.1, -0.05) is 6.07 Å². The van der Waals surface area contributed by atoms with E-state index in [0.717, 1.165) is 0 Å². The quantitative estimate of drug-likeness (QED) is 0.750. The van der Waals surface area contributed by atoms with Crippen LogP contribution in [-0.2, 0) is 11.3 Å². The fraction of sp³-hybridized carbons (Fsp3) is 0.167. The maximum Gasteiger partial charge on any atom is 0.186 e. The summed E-state index contributed by atoms with van der Waals surface area (Å²) >= 11 is 0. The van der Waals surface area contributed by atoms with Crippen LogP contribution in [0.15, 0.2) is 24.3 Å². The molecule has 0 spiro atoms. The molecule has 0 atom stereocenters. The molecule has 98 valence electrons. The number of aromatic nitrogens is 4.